The van der Waals surface area contributed by atoms with Crippen LogP contribution in [0.1, 0.15) is 35.9 Å². The van der Waals surface area contributed by atoms with Gasteiger partial charge in [0, 0.05) is 18.5 Å². The second-order valence-corrected chi connectivity index (χ2v) is 7.06. The van der Waals surface area contributed by atoms with Gasteiger partial charge in [-0.25, -0.2) is 9.78 Å². The fraction of sp³-hybridized carbons (Fsp3) is 0.318. The molecule has 0 bridgehead atoms. The molecule has 6 nitrogen and oxygen atoms in total. The second kappa shape index (κ2) is 7.46. The Morgan fingerprint density at radius 3 is 2.61 bits per heavy atom. The van der Waals surface area contributed by atoms with Crippen molar-refractivity contribution in [1.29, 1.82) is 0 Å². The molecule has 1 atom stereocenters. The summed E-state index contributed by atoms with van der Waals surface area (Å²) in [7, 11) is 0. The molecule has 0 N–H and O–H groups in total. The first-order valence-corrected chi connectivity index (χ1v) is 9.49. The molecule has 3 heterocycles. The van der Waals surface area contributed by atoms with Crippen molar-refractivity contribution in [1.82, 2.24) is 9.88 Å². The molecule has 0 aliphatic carbocycles. The molecule has 1 saturated heterocycles. The first-order valence-electron chi connectivity index (χ1n) is 9.49. The number of esters is 1. The van der Waals surface area contributed by atoms with E-state index in [1.54, 1.807) is 17.9 Å². The van der Waals surface area contributed by atoms with Crippen LogP contribution in [0, 0.1) is 6.92 Å². The number of benzene rings is 1. The Labute approximate surface area is 163 Å². The number of para-hydroxylation sites is 1. The molecule has 1 fully saturated rings. The number of carbonyl (C=O) groups excluding carboxylic acids is 2. The third kappa shape index (κ3) is 3.50. The third-order valence-corrected chi connectivity index (χ3v) is 4.98. The van der Waals surface area contributed by atoms with Gasteiger partial charge in [-0.05, 0) is 51.0 Å². The summed E-state index contributed by atoms with van der Waals surface area (Å²) in [5, 5.41) is 0.681. The van der Waals surface area contributed by atoms with Gasteiger partial charge in [0.15, 0.2) is 11.9 Å². The maximum absolute atomic E-state index is 12.9. The van der Waals surface area contributed by atoms with Gasteiger partial charge in [-0.2, -0.15) is 0 Å². The molecule has 1 amide bonds. The number of hydrogen-bond acceptors (Lipinski definition) is 5. The lowest BCUT2D eigenvalue weighted by atomic mass is 10.1. The number of carbonyl (C=O) groups is 2. The van der Waals surface area contributed by atoms with Crippen LogP contribution >= 0.6 is 0 Å². The zero-order valence-electron chi connectivity index (χ0n) is 16.0. The molecule has 144 valence electrons. The summed E-state index contributed by atoms with van der Waals surface area (Å²) in [6.07, 6.45) is 1.16. The summed E-state index contributed by atoms with van der Waals surface area (Å²) < 4.78 is 11.2. The molecule has 1 aliphatic heterocycles. The van der Waals surface area contributed by atoms with Crippen molar-refractivity contribution in [3.63, 3.8) is 0 Å². The smallest absolute Gasteiger partial charge is 0.339 e. The van der Waals surface area contributed by atoms with Gasteiger partial charge in [-0.1, -0.05) is 18.2 Å². The average Bonchev–Trinajstić information content (AvgIpc) is 3.38. The second-order valence-electron chi connectivity index (χ2n) is 7.06. The Morgan fingerprint density at radius 2 is 1.89 bits per heavy atom. The van der Waals surface area contributed by atoms with E-state index in [1.165, 1.54) is 0 Å². The van der Waals surface area contributed by atoms with E-state index in [0.29, 0.717) is 27.9 Å². The Balaban J connectivity index is 1.66. The molecular formula is C22H22N2O4. The van der Waals surface area contributed by atoms with Gasteiger partial charge in [0.1, 0.15) is 11.5 Å². The van der Waals surface area contributed by atoms with Crippen molar-refractivity contribution >= 4 is 22.8 Å². The van der Waals surface area contributed by atoms with Crippen molar-refractivity contribution < 1.29 is 18.7 Å². The highest BCUT2D eigenvalue weighted by atomic mass is 16.5. The highest BCUT2D eigenvalue weighted by Crippen LogP contribution is 2.27. The number of rotatable bonds is 4. The Kier molecular flexibility index (Phi) is 4.86. The zero-order valence-corrected chi connectivity index (χ0v) is 16.0. The first kappa shape index (κ1) is 18.2. The maximum atomic E-state index is 12.9. The summed E-state index contributed by atoms with van der Waals surface area (Å²) >= 11 is 0. The first-order chi connectivity index (χ1) is 13.5. The molecule has 3 aromatic rings. The number of nitrogens with zero attached hydrogens (tertiary/aromatic N) is 2. The Bertz CT molecular complexity index is 1030. The number of pyridine rings is 1. The molecule has 28 heavy (non-hydrogen) atoms. The van der Waals surface area contributed by atoms with Crippen molar-refractivity contribution in [2.45, 2.75) is 32.8 Å². The zero-order chi connectivity index (χ0) is 19.7. The molecule has 1 aromatic carbocycles. The minimum absolute atomic E-state index is 0.147. The summed E-state index contributed by atoms with van der Waals surface area (Å²) in [5.74, 6) is 0.659. The van der Waals surface area contributed by atoms with Crippen LogP contribution in [0.2, 0.25) is 0 Å². The van der Waals surface area contributed by atoms with E-state index < -0.39 is 12.1 Å². The fourth-order valence-corrected chi connectivity index (χ4v) is 3.51. The summed E-state index contributed by atoms with van der Waals surface area (Å²) in [5.41, 5.74) is 1.59. The van der Waals surface area contributed by atoms with Crippen molar-refractivity contribution in [3.8, 4) is 11.5 Å². The molecule has 4 rings (SSSR count). The number of furan rings is 1. The molecule has 0 spiro atoms. The number of likely N-dealkylation sites (tertiary alicyclic amines) is 1. The largest absolute Gasteiger partial charge is 0.460 e. The van der Waals surface area contributed by atoms with Gasteiger partial charge in [0.2, 0.25) is 0 Å². The van der Waals surface area contributed by atoms with E-state index in [2.05, 4.69) is 4.98 Å². The van der Waals surface area contributed by atoms with E-state index in [4.69, 9.17) is 9.15 Å². The van der Waals surface area contributed by atoms with Crippen LogP contribution in [0.25, 0.3) is 22.4 Å². The van der Waals surface area contributed by atoms with E-state index in [9.17, 15) is 9.59 Å². The minimum atomic E-state index is -0.827. The molecule has 6 heteroatoms. The Hall–Kier alpha value is -3.15. The van der Waals surface area contributed by atoms with Crippen LogP contribution in [-0.4, -0.2) is 41.0 Å². The highest BCUT2D eigenvalue weighted by molar-refractivity contribution is 6.05. The van der Waals surface area contributed by atoms with Gasteiger partial charge < -0.3 is 14.1 Å². The predicted molar refractivity (Wildman–Crippen MR) is 105 cm³/mol. The number of amides is 1. The van der Waals surface area contributed by atoms with Crippen LogP contribution in [0.15, 0.2) is 46.9 Å². The SMILES string of the molecule is Cc1ccc(-c2cc(C(=O)O[C@@H](C)C(=O)N3CCCC3)c3ccccc3n2)o1. The standard InChI is InChI=1S/C22H22N2O4/c1-14-9-10-20(27-14)19-13-17(16-7-3-4-8-18(16)23-19)22(26)28-15(2)21(25)24-11-5-6-12-24/h3-4,7-10,13,15H,5-6,11-12H2,1-2H3/t15-/m0/s1. The summed E-state index contributed by atoms with van der Waals surface area (Å²) in [6, 6.07) is 12.7. The van der Waals surface area contributed by atoms with Gasteiger partial charge in [0.05, 0.1) is 11.1 Å². The predicted octanol–water partition coefficient (Wildman–Crippen LogP) is 3.97. The van der Waals surface area contributed by atoms with Crippen molar-refractivity contribution in [2.24, 2.45) is 0 Å². The lowest BCUT2D eigenvalue weighted by Crippen LogP contribution is -2.38. The molecule has 0 saturated carbocycles. The van der Waals surface area contributed by atoms with Crippen LogP contribution < -0.4 is 0 Å². The van der Waals surface area contributed by atoms with Gasteiger partial charge >= 0.3 is 5.97 Å². The molecule has 0 unspecified atom stereocenters. The van der Waals surface area contributed by atoms with E-state index in [1.807, 2.05) is 43.3 Å². The quantitative estimate of drug-likeness (QED) is 0.642. The van der Waals surface area contributed by atoms with Crippen LogP contribution in [0.3, 0.4) is 0 Å². The average molecular weight is 378 g/mol. The molecule has 2 aromatic heterocycles. The number of aryl methyl sites for hydroxylation is 1. The lowest BCUT2D eigenvalue weighted by molar-refractivity contribution is -0.138. The normalized spacial score (nSPS) is 15.0. The topological polar surface area (TPSA) is 72.6 Å². The van der Waals surface area contributed by atoms with E-state index >= 15 is 0 Å². The monoisotopic (exact) mass is 378 g/mol. The van der Waals surface area contributed by atoms with E-state index in [0.717, 1.165) is 31.7 Å². The Morgan fingerprint density at radius 1 is 1.14 bits per heavy atom. The van der Waals surface area contributed by atoms with Crippen molar-refractivity contribution in [2.75, 3.05) is 13.1 Å². The minimum Gasteiger partial charge on any atom is -0.460 e. The number of ether oxygens (including phenoxy) is 1. The molecular weight excluding hydrogens is 356 g/mol. The van der Waals surface area contributed by atoms with Gasteiger partial charge in [-0.3, -0.25) is 4.79 Å². The van der Waals surface area contributed by atoms with Crippen LogP contribution in [0.4, 0.5) is 0 Å². The lowest BCUT2D eigenvalue weighted by Gasteiger charge is -2.20. The summed E-state index contributed by atoms with van der Waals surface area (Å²) in [4.78, 5) is 31.8. The van der Waals surface area contributed by atoms with Gasteiger partial charge in [0.25, 0.3) is 5.91 Å². The molecule has 0 radical (unpaired) electrons. The summed E-state index contributed by atoms with van der Waals surface area (Å²) in [6.45, 7) is 4.92. The van der Waals surface area contributed by atoms with Crippen LogP contribution in [0.5, 0.6) is 0 Å². The number of fused-ring (bicyclic) bond motifs is 1. The highest BCUT2D eigenvalue weighted by Gasteiger charge is 2.27. The third-order valence-electron chi connectivity index (χ3n) is 4.98. The molecule has 1 aliphatic rings. The van der Waals surface area contributed by atoms with Crippen molar-refractivity contribution in [3.05, 3.63) is 53.8 Å². The van der Waals surface area contributed by atoms with Crippen LogP contribution in [-0.2, 0) is 9.53 Å². The fourth-order valence-electron chi connectivity index (χ4n) is 3.51. The maximum Gasteiger partial charge on any atom is 0.339 e. The number of hydrogen-bond donors (Lipinski definition) is 0. The number of aromatic nitrogens is 1. The van der Waals surface area contributed by atoms with Gasteiger partial charge in [-0.15, -0.1) is 0 Å². The van der Waals surface area contributed by atoms with E-state index in [-0.39, 0.29) is 5.91 Å².